The highest BCUT2D eigenvalue weighted by Gasteiger charge is 2.27. The molecule has 2 aromatic rings. The number of alkyl halides is 2. The minimum absolute atomic E-state index is 0.0585. The third-order valence-electron chi connectivity index (χ3n) is 4.60. The van der Waals surface area contributed by atoms with Crippen LogP contribution in [0.4, 0.5) is 14.5 Å². The van der Waals surface area contributed by atoms with E-state index in [1.807, 2.05) is 24.3 Å². The lowest BCUT2D eigenvalue weighted by Gasteiger charge is -2.21. The number of rotatable bonds is 6. The normalized spacial score (nSPS) is 15.2. The minimum Gasteiger partial charge on any atom is -0.371 e. The van der Waals surface area contributed by atoms with Gasteiger partial charge in [0, 0.05) is 25.3 Å². The van der Waals surface area contributed by atoms with E-state index in [4.69, 9.17) is 0 Å². The predicted molar refractivity (Wildman–Crippen MR) is 94.9 cm³/mol. The maximum absolute atomic E-state index is 13.0. The summed E-state index contributed by atoms with van der Waals surface area (Å²) >= 11 is 0. The number of hydrogen-bond acceptors (Lipinski definition) is 4. The summed E-state index contributed by atoms with van der Waals surface area (Å²) in [7, 11) is -3.96. The summed E-state index contributed by atoms with van der Waals surface area (Å²) in [6.07, 6.45) is 2.23. The van der Waals surface area contributed by atoms with Gasteiger partial charge in [-0.05, 0) is 38.3 Å². The van der Waals surface area contributed by atoms with Gasteiger partial charge in [-0.25, -0.2) is 17.8 Å². The molecule has 0 amide bonds. The highest BCUT2D eigenvalue weighted by Crippen LogP contribution is 2.26. The summed E-state index contributed by atoms with van der Waals surface area (Å²) in [5, 5.41) is 3.65. The van der Waals surface area contributed by atoms with Gasteiger partial charge in [0.15, 0.2) is 0 Å². The predicted octanol–water partition coefficient (Wildman–Crippen LogP) is 2.97. The number of para-hydroxylation sites is 1. The number of nitrogens with zero attached hydrogens (tertiary/aromatic N) is 3. The molecule has 0 bridgehead atoms. The van der Waals surface area contributed by atoms with Crippen molar-refractivity contribution in [1.82, 2.24) is 14.5 Å². The number of benzene rings is 1. The highest BCUT2D eigenvalue weighted by molar-refractivity contribution is 7.89. The van der Waals surface area contributed by atoms with Crippen molar-refractivity contribution >= 4 is 15.7 Å². The molecule has 3 rings (SSSR count). The van der Waals surface area contributed by atoms with Crippen molar-refractivity contribution in [2.45, 2.75) is 44.7 Å². The molecule has 2 heterocycles. The van der Waals surface area contributed by atoms with Crippen LogP contribution in [0.3, 0.4) is 0 Å². The molecule has 1 fully saturated rings. The Bertz CT molecular complexity index is 890. The second-order valence-corrected chi connectivity index (χ2v) is 8.07. The molecule has 142 valence electrons. The van der Waals surface area contributed by atoms with Gasteiger partial charge < -0.3 is 4.90 Å². The second kappa shape index (κ2) is 7.32. The first-order valence-corrected chi connectivity index (χ1v) is 9.96. The first-order valence-electron chi connectivity index (χ1n) is 8.47. The Morgan fingerprint density at radius 2 is 1.85 bits per heavy atom. The zero-order valence-electron chi connectivity index (χ0n) is 14.7. The average molecular weight is 384 g/mol. The fraction of sp³-hybridized carbons (Fsp3) is 0.471. The van der Waals surface area contributed by atoms with Gasteiger partial charge in [0.25, 0.3) is 0 Å². The summed E-state index contributed by atoms with van der Waals surface area (Å²) in [6.45, 7) is 1.85. The maximum Gasteiger partial charge on any atom is 0.333 e. The number of nitrogens with one attached hydrogen (secondary N) is 1. The Kier molecular flexibility index (Phi) is 5.29. The topological polar surface area (TPSA) is 67.2 Å². The molecule has 0 unspecified atom stereocenters. The zero-order valence-corrected chi connectivity index (χ0v) is 15.6. The number of aryl methyl sites for hydroxylation is 1. The summed E-state index contributed by atoms with van der Waals surface area (Å²) < 4.78 is 54.3. The molecule has 1 aromatic carbocycles. The van der Waals surface area contributed by atoms with E-state index in [0.29, 0.717) is 4.68 Å². The van der Waals surface area contributed by atoms with Crippen molar-refractivity contribution in [2.75, 3.05) is 18.0 Å². The van der Waals surface area contributed by atoms with Crippen molar-refractivity contribution in [1.29, 1.82) is 0 Å². The smallest absolute Gasteiger partial charge is 0.333 e. The Labute approximate surface area is 151 Å². The molecule has 0 aliphatic carbocycles. The molecule has 6 nitrogen and oxygen atoms in total. The molecule has 1 aromatic heterocycles. The van der Waals surface area contributed by atoms with Crippen molar-refractivity contribution in [3.63, 3.8) is 0 Å². The van der Waals surface area contributed by atoms with E-state index in [1.165, 1.54) is 13.8 Å². The van der Waals surface area contributed by atoms with Gasteiger partial charge >= 0.3 is 6.55 Å². The van der Waals surface area contributed by atoms with Gasteiger partial charge in [-0.1, -0.05) is 18.2 Å². The standard InChI is InChI=1S/C17H22F2N4O2S/c1-12-16(13(2)23(21-12)17(18)19)26(24,25)20-11-14-7-3-4-8-15(14)22-9-5-6-10-22/h3-4,7-8,17,20H,5-6,9-11H2,1-2H3. The van der Waals surface area contributed by atoms with Crippen molar-refractivity contribution < 1.29 is 17.2 Å². The molecule has 1 aliphatic heterocycles. The van der Waals surface area contributed by atoms with E-state index in [1.54, 1.807) is 0 Å². The van der Waals surface area contributed by atoms with Gasteiger partial charge in [0.2, 0.25) is 10.0 Å². The monoisotopic (exact) mass is 384 g/mol. The molecule has 1 aliphatic rings. The second-order valence-electron chi connectivity index (χ2n) is 6.37. The summed E-state index contributed by atoms with van der Waals surface area (Å²) in [5.74, 6) is 0. The largest absolute Gasteiger partial charge is 0.371 e. The van der Waals surface area contributed by atoms with Gasteiger partial charge in [0.05, 0.1) is 11.4 Å². The Balaban J connectivity index is 1.84. The molecule has 0 radical (unpaired) electrons. The fourth-order valence-electron chi connectivity index (χ4n) is 3.40. The van der Waals surface area contributed by atoms with Crippen molar-refractivity contribution in [3.8, 4) is 0 Å². The number of sulfonamides is 1. The first-order chi connectivity index (χ1) is 12.3. The Morgan fingerprint density at radius 1 is 1.19 bits per heavy atom. The molecule has 1 saturated heterocycles. The van der Waals surface area contributed by atoms with Crippen LogP contribution in [0.25, 0.3) is 0 Å². The third-order valence-corrected chi connectivity index (χ3v) is 6.26. The number of halogens is 2. The van der Waals surface area contributed by atoms with E-state index >= 15 is 0 Å². The Hall–Kier alpha value is -2.00. The van der Waals surface area contributed by atoms with Crippen molar-refractivity contribution in [3.05, 3.63) is 41.2 Å². The van der Waals surface area contributed by atoms with Crippen LogP contribution in [-0.2, 0) is 16.6 Å². The fourth-order valence-corrected chi connectivity index (χ4v) is 4.80. The molecule has 0 saturated carbocycles. The number of anilines is 1. The molecule has 0 spiro atoms. The molecule has 0 atom stereocenters. The van der Waals surface area contributed by atoms with E-state index < -0.39 is 16.6 Å². The van der Waals surface area contributed by atoms with Crippen LogP contribution in [0.1, 0.15) is 36.3 Å². The lowest BCUT2D eigenvalue weighted by Crippen LogP contribution is -2.26. The van der Waals surface area contributed by atoms with E-state index in [9.17, 15) is 17.2 Å². The lowest BCUT2D eigenvalue weighted by atomic mass is 10.1. The lowest BCUT2D eigenvalue weighted by molar-refractivity contribution is 0.0538. The maximum atomic E-state index is 13.0. The average Bonchev–Trinajstić information content (AvgIpc) is 3.21. The van der Waals surface area contributed by atoms with Gasteiger partial charge in [-0.15, -0.1) is 0 Å². The third kappa shape index (κ3) is 3.59. The molecular formula is C17H22F2N4O2S. The van der Waals surface area contributed by atoms with E-state index in [0.717, 1.165) is 37.2 Å². The van der Waals surface area contributed by atoms with Crippen LogP contribution >= 0.6 is 0 Å². The van der Waals surface area contributed by atoms with Gasteiger partial charge in [0.1, 0.15) is 4.90 Å². The Morgan fingerprint density at radius 3 is 2.46 bits per heavy atom. The van der Waals surface area contributed by atoms with Crippen LogP contribution in [0.15, 0.2) is 29.2 Å². The van der Waals surface area contributed by atoms with Crippen LogP contribution in [-0.4, -0.2) is 31.3 Å². The van der Waals surface area contributed by atoms with Crippen molar-refractivity contribution in [2.24, 2.45) is 0 Å². The zero-order chi connectivity index (χ0) is 18.9. The molecule has 1 N–H and O–H groups in total. The molecule has 9 heteroatoms. The SMILES string of the molecule is Cc1nn(C(F)F)c(C)c1S(=O)(=O)NCc1ccccc1N1CCCC1. The van der Waals surface area contributed by atoms with E-state index in [-0.39, 0.29) is 22.8 Å². The highest BCUT2D eigenvalue weighted by atomic mass is 32.2. The van der Waals surface area contributed by atoms with E-state index in [2.05, 4.69) is 14.7 Å². The summed E-state index contributed by atoms with van der Waals surface area (Å²) in [5.41, 5.74) is 1.85. The summed E-state index contributed by atoms with van der Waals surface area (Å²) in [6, 6.07) is 7.62. The number of aromatic nitrogens is 2. The van der Waals surface area contributed by atoms with Crippen LogP contribution < -0.4 is 9.62 Å². The minimum atomic E-state index is -3.96. The first kappa shape index (κ1) is 18.8. The van der Waals surface area contributed by atoms with Crippen LogP contribution in [0, 0.1) is 13.8 Å². The van der Waals surface area contributed by atoms with Gasteiger partial charge in [-0.3, -0.25) is 0 Å². The summed E-state index contributed by atoms with van der Waals surface area (Å²) in [4.78, 5) is 2.05. The van der Waals surface area contributed by atoms with Crippen LogP contribution in [0.2, 0.25) is 0 Å². The van der Waals surface area contributed by atoms with Gasteiger partial charge in [-0.2, -0.15) is 13.9 Å². The quantitative estimate of drug-likeness (QED) is 0.832. The molecule has 26 heavy (non-hydrogen) atoms. The molecular weight excluding hydrogens is 362 g/mol. The number of hydrogen-bond donors (Lipinski definition) is 1. The van der Waals surface area contributed by atoms with Crippen LogP contribution in [0.5, 0.6) is 0 Å².